The summed E-state index contributed by atoms with van der Waals surface area (Å²) in [7, 11) is 0. The predicted octanol–water partition coefficient (Wildman–Crippen LogP) is 5.51. The molecule has 3 nitrogen and oxygen atoms in total. The maximum absolute atomic E-state index is 13.0. The molecule has 0 aliphatic carbocycles. The first-order valence-electron chi connectivity index (χ1n) is 9.00. The van der Waals surface area contributed by atoms with Gasteiger partial charge in [0.1, 0.15) is 5.75 Å². The van der Waals surface area contributed by atoms with Crippen LogP contribution in [-0.4, -0.2) is 12.0 Å². The van der Waals surface area contributed by atoms with Gasteiger partial charge in [0.2, 0.25) is 0 Å². The normalized spacial score (nSPS) is 12.8. The van der Waals surface area contributed by atoms with Gasteiger partial charge in [-0.3, -0.25) is 4.79 Å². The van der Waals surface area contributed by atoms with Crippen molar-refractivity contribution in [3.63, 3.8) is 0 Å². The van der Waals surface area contributed by atoms with Gasteiger partial charge in [-0.15, -0.1) is 0 Å². The van der Waals surface area contributed by atoms with Crippen molar-refractivity contribution in [2.75, 3.05) is 0 Å². The second kappa shape index (κ2) is 9.38. The molecule has 4 heteroatoms. The summed E-state index contributed by atoms with van der Waals surface area (Å²) in [5, 5.41) is 3.17. The zero-order valence-electron chi connectivity index (χ0n) is 15.1. The van der Waals surface area contributed by atoms with Gasteiger partial charge in [0.05, 0.1) is 6.04 Å². The number of amides is 1. The first-order chi connectivity index (χ1) is 13.2. The lowest BCUT2D eigenvalue weighted by Crippen LogP contribution is -2.40. The lowest BCUT2D eigenvalue weighted by atomic mass is 9.98. The van der Waals surface area contributed by atoms with Gasteiger partial charge < -0.3 is 10.1 Å². The van der Waals surface area contributed by atoms with Crippen molar-refractivity contribution in [2.24, 2.45) is 0 Å². The van der Waals surface area contributed by atoms with Crippen LogP contribution in [0.3, 0.4) is 0 Å². The molecule has 27 heavy (non-hydrogen) atoms. The molecule has 0 aromatic heterocycles. The minimum absolute atomic E-state index is 0.133. The second-order valence-electron chi connectivity index (χ2n) is 6.20. The summed E-state index contributed by atoms with van der Waals surface area (Å²) in [6.07, 6.45) is 0.0270. The molecule has 0 fully saturated rings. The number of hydrogen-bond donors (Lipinski definition) is 1. The molecule has 0 heterocycles. The van der Waals surface area contributed by atoms with Gasteiger partial charge in [-0.2, -0.15) is 0 Å². The van der Waals surface area contributed by atoms with Crippen LogP contribution in [0.15, 0.2) is 89.4 Å². The zero-order valence-corrected chi connectivity index (χ0v) is 16.7. The Morgan fingerprint density at radius 3 is 2.15 bits per heavy atom. The van der Waals surface area contributed by atoms with Crippen LogP contribution in [0.2, 0.25) is 0 Å². The largest absolute Gasteiger partial charge is 0.481 e. The molecule has 2 atom stereocenters. The Labute approximate surface area is 168 Å². The van der Waals surface area contributed by atoms with E-state index in [0.29, 0.717) is 12.2 Å². The molecular weight excluding hydrogens is 402 g/mol. The summed E-state index contributed by atoms with van der Waals surface area (Å²) in [6.45, 7) is 1.95. The van der Waals surface area contributed by atoms with Gasteiger partial charge in [-0.05, 0) is 35.7 Å². The third kappa shape index (κ3) is 4.98. The van der Waals surface area contributed by atoms with Crippen LogP contribution in [0.5, 0.6) is 5.75 Å². The van der Waals surface area contributed by atoms with Crippen LogP contribution in [0.25, 0.3) is 0 Å². The molecular formula is C23H22BrNO2. The van der Waals surface area contributed by atoms with Gasteiger partial charge >= 0.3 is 0 Å². The van der Waals surface area contributed by atoms with E-state index in [1.54, 1.807) is 0 Å². The lowest BCUT2D eigenvalue weighted by Gasteiger charge is -2.24. The average Bonchev–Trinajstić information content (AvgIpc) is 2.72. The molecule has 0 aliphatic heterocycles. The van der Waals surface area contributed by atoms with Gasteiger partial charge in [0.25, 0.3) is 5.91 Å². The Bertz CT molecular complexity index is 868. The highest BCUT2D eigenvalue weighted by Crippen LogP contribution is 2.29. The topological polar surface area (TPSA) is 38.3 Å². The fourth-order valence-electron chi connectivity index (χ4n) is 2.92. The molecule has 0 bridgehead atoms. The smallest absolute Gasteiger partial charge is 0.261 e. The van der Waals surface area contributed by atoms with Crippen LogP contribution in [0, 0.1) is 0 Å². The quantitative estimate of drug-likeness (QED) is 0.543. The Balaban J connectivity index is 1.85. The molecule has 138 valence electrons. The van der Waals surface area contributed by atoms with E-state index in [0.717, 1.165) is 15.6 Å². The molecule has 0 spiro atoms. The number of carbonyl (C=O) groups is 1. The third-order valence-electron chi connectivity index (χ3n) is 4.32. The van der Waals surface area contributed by atoms with E-state index in [2.05, 4.69) is 21.2 Å². The summed E-state index contributed by atoms with van der Waals surface area (Å²) < 4.78 is 6.86. The van der Waals surface area contributed by atoms with Gasteiger partial charge in [-0.1, -0.05) is 89.6 Å². The molecule has 0 saturated carbocycles. The molecule has 1 N–H and O–H groups in total. The number of carbonyl (C=O) groups excluding carboxylic acids is 1. The fourth-order valence-corrected chi connectivity index (χ4v) is 3.43. The van der Waals surface area contributed by atoms with Crippen molar-refractivity contribution < 1.29 is 9.53 Å². The summed E-state index contributed by atoms with van der Waals surface area (Å²) in [5.41, 5.74) is 2.03. The van der Waals surface area contributed by atoms with Gasteiger partial charge in [0.15, 0.2) is 6.10 Å². The van der Waals surface area contributed by atoms with Crippen LogP contribution in [-0.2, 0) is 4.79 Å². The van der Waals surface area contributed by atoms with Crippen molar-refractivity contribution in [3.05, 3.63) is 101 Å². The van der Waals surface area contributed by atoms with E-state index in [1.807, 2.05) is 91.9 Å². The minimum atomic E-state index is -0.555. The molecule has 0 aliphatic rings. The average molecular weight is 424 g/mol. The highest BCUT2D eigenvalue weighted by atomic mass is 79.9. The van der Waals surface area contributed by atoms with Gasteiger partial charge in [0, 0.05) is 4.47 Å². The van der Waals surface area contributed by atoms with Crippen LogP contribution >= 0.6 is 15.9 Å². The molecule has 1 amide bonds. The van der Waals surface area contributed by atoms with Crippen LogP contribution in [0.1, 0.15) is 30.5 Å². The number of nitrogens with one attached hydrogen (secondary N) is 1. The van der Waals surface area contributed by atoms with E-state index >= 15 is 0 Å². The number of benzene rings is 3. The highest BCUT2D eigenvalue weighted by molar-refractivity contribution is 9.10. The minimum Gasteiger partial charge on any atom is -0.481 e. The van der Waals surface area contributed by atoms with Crippen molar-refractivity contribution in [2.45, 2.75) is 25.5 Å². The molecule has 3 aromatic carbocycles. The SMILES string of the molecule is CCC(Oc1ccccc1)C(=O)NC(c1ccccc1)c1ccccc1Br. The molecule has 2 unspecified atom stereocenters. The highest BCUT2D eigenvalue weighted by Gasteiger charge is 2.24. The lowest BCUT2D eigenvalue weighted by molar-refractivity contribution is -0.128. The van der Waals surface area contributed by atoms with E-state index < -0.39 is 6.10 Å². The first-order valence-corrected chi connectivity index (χ1v) is 9.79. The Hall–Kier alpha value is -2.59. The van der Waals surface area contributed by atoms with Crippen molar-refractivity contribution >= 4 is 21.8 Å². The zero-order chi connectivity index (χ0) is 19.1. The second-order valence-corrected chi connectivity index (χ2v) is 7.06. The summed E-state index contributed by atoms with van der Waals surface area (Å²) >= 11 is 3.61. The van der Waals surface area contributed by atoms with Crippen molar-refractivity contribution in [1.82, 2.24) is 5.32 Å². The molecule has 0 radical (unpaired) electrons. The summed E-state index contributed by atoms with van der Waals surface area (Å²) in [5.74, 6) is 0.558. The van der Waals surface area contributed by atoms with Crippen LogP contribution < -0.4 is 10.1 Å². The Morgan fingerprint density at radius 2 is 1.52 bits per heavy atom. The standard InChI is InChI=1S/C23H22BrNO2/c1-2-21(27-18-13-7-4-8-14-18)23(26)25-22(17-11-5-3-6-12-17)19-15-9-10-16-20(19)24/h3-16,21-22H,2H2,1H3,(H,25,26). The molecule has 0 saturated heterocycles. The number of halogens is 1. The fraction of sp³-hybridized carbons (Fsp3) is 0.174. The Kier molecular flexibility index (Phi) is 6.66. The maximum atomic E-state index is 13.0. The Morgan fingerprint density at radius 1 is 0.926 bits per heavy atom. The third-order valence-corrected chi connectivity index (χ3v) is 5.04. The first kappa shape index (κ1) is 19.2. The molecule has 3 rings (SSSR count). The van der Waals surface area contributed by atoms with E-state index in [9.17, 15) is 4.79 Å². The number of rotatable bonds is 7. The molecule has 3 aromatic rings. The van der Waals surface area contributed by atoms with Crippen LogP contribution in [0.4, 0.5) is 0 Å². The van der Waals surface area contributed by atoms with Crippen molar-refractivity contribution in [3.8, 4) is 5.75 Å². The number of ether oxygens (including phenoxy) is 1. The monoisotopic (exact) mass is 423 g/mol. The summed E-state index contributed by atoms with van der Waals surface area (Å²) in [6, 6.07) is 27.1. The predicted molar refractivity (Wildman–Crippen MR) is 112 cm³/mol. The van der Waals surface area contributed by atoms with E-state index in [1.165, 1.54) is 0 Å². The summed E-state index contributed by atoms with van der Waals surface area (Å²) in [4.78, 5) is 13.0. The van der Waals surface area contributed by atoms with Gasteiger partial charge in [-0.25, -0.2) is 0 Å². The number of hydrogen-bond acceptors (Lipinski definition) is 2. The van der Waals surface area contributed by atoms with E-state index in [-0.39, 0.29) is 11.9 Å². The number of para-hydroxylation sites is 1. The van der Waals surface area contributed by atoms with Crippen molar-refractivity contribution in [1.29, 1.82) is 0 Å². The maximum Gasteiger partial charge on any atom is 0.261 e. The van der Waals surface area contributed by atoms with E-state index in [4.69, 9.17) is 4.74 Å².